The van der Waals surface area contributed by atoms with E-state index in [1.165, 1.54) is 14.7 Å². The van der Waals surface area contributed by atoms with E-state index >= 15 is 0 Å². The topological polar surface area (TPSA) is 21.3 Å². The molecule has 1 atom stereocenters. The molecule has 1 unspecified atom stereocenters. The van der Waals surface area contributed by atoms with Gasteiger partial charge in [0.25, 0.3) is 0 Å². The molecule has 3 heteroatoms. The first kappa shape index (κ1) is 12.9. The zero-order valence-corrected chi connectivity index (χ0v) is 12.8. The summed E-state index contributed by atoms with van der Waals surface area (Å²) in [5.74, 6) is 1.04. The minimum absolute atomic E-state index is 0.265. The maximum Gasteiger partial charge on any atom is 0.123 e. The maximum atomic E-state index is 5.90. The summed E-state index contributed by atoms with van der Waals surface area (Å²) in [6.45, 7) is 1.79. The Morgan fingerprint density at radius 1 is 1.11 bits per heavy atom. The molecule has 1 aliphatic heterocycles. The Labute approximate surface area is 127 Å². The van der Waals surface area contributed by atoms with Crippen molar-refractivity contribution in [2.24, 2.45) is 0 Å². The summed E-state index contributed by atoms with van der Waals surface area (Å²) in [5.41, 5.74) is 2.64. The standard InChI is InChI=1S/C16H16INO/c17-14-7-5-12(6-8-14)10-18-11-15-9-13-3-1-2-4-16(13)19-15/h1-8,15,18H,9-11H2. The van der Waals surface area contributed by atoms with Crippen LogP contribution in [0.25, 0.3) is 0 Å². The highest BCUT2D eigenvalue weighted by molar-refractivity contribution is 14.1. The van der Waals surface area contributed by atoms with E-state index in [1.54, 1.807) is 0 Å². The number of hydrogen-bond donors (Lipinski definition) is 1. The normalized spacial score (nSPS) is 17.0. The summed E-state index contributed by atoms with van der Waals surface area (Å²) in [6.07, 6.45) is 1.27. The van der Waals surface area contributed by atoms with Gasteiger partial charge in [0.05, 0.1) is 0 Å². The van der Waals surface area contributed by atoms with Crippen LogP contribution in [0.15, 0.2) is 48.5 Å². The number of halogens is 1. The van der Waals surface area contributed by atoms with Crippen molar-refractivity contribution in [1.82, 2.24) is 5.32 Å². The van der Waals surface area contributed by atoms with Crippen LogP contribution >= 0.6 is 22.6 Å². The molecule has 0 saturated heterocycles. The van der Waals surface area contributed by atoms with Crippen LogP contribution in [0.5, 0.6) is 5.75 Å². The molecule has 0 fully saturated rings. The molecular formula is C16H16INO. The molecule has 0 spiro atoms. The Morgan fingerprint density at radius 2 is 1.89 bits per heavy atom. The molecule has 19 heavy (non-hydrogen) atoms. The summed E-state index contributed by atoms with van der Waals surface area (Å²) < 4.78 is 7.17. The van der Waals surface area contributed by atoms with Crippen molar-refractivity contribution in [3.8, 4) is 5.75 Å². The highest BCUT2D eigenvalue weighted by Gasteiger charge is 2.21. The average Bonchev–Trinajstić information content (AvgIpc) is 2.83. The van der Waals surface area contributed by atoms with Crippen LogP contribution in [0.2, 0.25) is 0 Å². The van der Waals surface area contributed by atoms with Crippen LogP contribution in [-0.4, -0.2) is 12.6 Å². The lowest BCUT2D eigenvalue weighted by molar-refractivity contribution is 0.227. The number of para-hydroxylation sites is 1. The highest BCUT2D eigenvalue weighted by Crippen LogP contribution is 2.27. The van der Waals surface area contributed by atoms with E-state index in [9.17, 15) is 0 Å². The van der Waals surface area contributed by atoms with E-state index in [0.29, 0.717) is 0 Å². The predicted octanol–water partition coefficient (Wildman–Crippen LogP) is 3.38. The van der Waals surface area contributed by atoms with Gasteiger partial charge in [-0.3, -0.25) is 0 Å². The van der Waals surface area contributed by atoms with Gasteiger partial charge in [-0.15, -0.1) is 0 Å². The second kappa shape index (κ2) is 5.92. The van der Waals surface area contributed by atoms with E-state index in [2.05, 4.69) is 70.4 Å². The zero-order chi connectivity index (χ0) is 13.1. The predicted molar refractivity (Wildman–Crippen MR) is 85.4 cm³/mol. The third-order valence-electron chi connectivity index (χ3n) is 3.33. The van der Waals surface area contributed by atoms with Crippen LogP contribution in [0.4, 0.5) is 0 Å². The number of hydrogen-bond acceptors (Lipinski definition) is 2. The van der Waals surface area contributed by atoms with Gasteiger partial charge in [-0.25, -0.2) is 0 Å². The van der Waals surface area contributed by atoms with Gasteiger partial charge in [0.2, 0.25) is 0 Å². The van der Waals surface area contributed by atoms with E-state index in [4.69, 9.17) is 4.74 Å². The summed E-state index contributed by atoms with van der Waals surface area (Å²) >= 11 is 2.32. The molecule has 2 aromatic rings. The Balaban J connectivity index is 1.48. The van der Waals surface area contributed by atoms with Crippen LogP contribution in [0, 0.1) is 3.57 Å². The molecule has 1 aliphatic rings. The number of fused-ring (bicyclic) bond motifs is 1. The van der Waals surface area contributed by atoms with Crippen molar-refractivity contribution in [3.63, 3.8) is 0 Å². The first-order valence-electron chi connectivity index (χ1n) is 6.51. The molecule has 2 aromatic carbocycles. The average molecular weight is 365 g/mol. The Kier molecular flexibility index (Phi) is 4.03. The minimum Gasteiger partial charge on any atom is -0.488 e. The molecule has 3 rings (SSSR count). The lowest BCUT2D eigenvalue weighted by atomic mass is 10.1. The van der Waals surface area contributed by atoms with Gasteiger partial charge in [0, 0.05) is 23.1 Å². The van der Waals surface area contributed by atoms with E-state index in [-0.39, 0.29) is 6.10 Å². The van der Waals surface area contributed by atoms with Crippen LogP contribution in [0.3, 0.4) is 0 Å². The molecule has 1 N–H and O–H groups in total. The third-order valence-corrected chi connectivity index (χ3v) is 4.05. The van der Waals surface area contributed by atoms with Gasteiger partial charge in [-0.05, 0) is 51.9 Å². The SMILES string of the molecule is Ic1ccc(CNCC2Cc3ccccc3O2)cc1. The molecule has 98 valence electrons. The Bertz CT molecular complexity index is 528. The second-order valence-electron chi connectivity index (χ2n) is 4.81. The molecule has 0 bridgehead atoms. The van der Waals surface area contributed by atoms with Gasteiger partial charge in [0.15, 0.2) is 0 Å². The van der Waals surface area contributed by atoms with Gasteiger partial charge in [0.1, 0.15) is 11.9 Å². The lowest BCUT2D eigenvalue weighted by Gasteiger charge is -2.12. The van der Waals surface area contributed by atoms with Crippen molar-refractivity contribution in [3.05, 3.63) is 63.2 Å². The fourth-order valence-corrected chi connectivity index (χ4v) is 2.71. The summed E-state index contributed by atoms with van der Waals surface area (Å²) in [6, 6.07) is 16.9. The van der Waals surface area contributed by atoms with Gasteiger partial charge in [-0.1, -0.05) is 30.3 Å². The van der Waals surface area contributed by atoms with Crippen LogP contribution in [-0.2, 0) is 13.0 Å². The van der Waals surface area contributed by atoms with Crippen molar-refractivity contribution in [2.45, 2.75) is 19.1 Å². The Morgan fingerprint density at radius 3 is 2.68 bits per heavy atom. The molecule has 0 radical (unpaired) electrons. The molecule has 0 aliphatic carbocycles. The number of nitrogens with one attached hydrogen (secondary N) is 1. The third kappa shape index (κ3) is 3.28. The maximum absolute atomic E-state index is 5.90. The Hall–Kier alpha value is -1.07. The van der Waals surface area contributed by atoms with E-state index < -0.39 is 0 Å². The van der Waals surface area contributed by atoms with E-state index in [1.807, 2.05) is 6.07 Å². The monoisotopic (exact) mass is 365 g/mol. The first-order valence-corrected chi connectivity index (χ1v) is 7.59. The first-order chi connectivity index (χ1) is 9.31. The highest BCUT2D eigenvalue weighted by atomic mass is 127. The molecule has 0 amide bonds. The fourth-order valence-electron chi connectivity index (χ4n) is 2.35. The van der Waals surface area contributed by atoms with Gasteiger partial charge < -0.3 is 10.1 Å². The largest absolute Gasteiger partial charge is 0.488 e. The van der Waals surface area contributed by atoms with Crippen LogP contribution < -0.4 is 10.1 Å². The number of ether oxygens (including phenoxy) is 1. The molecule has 1 heterocycles. The van der Waals surface area contributed by atoms with Gasteiger partial charge >= 0.3 is 0 Å². The molecule has 0 saturated carbocycles. The minimum atomic E-state index is 0.265. The van der Waals surface area contributed by atoms with Crippen molar-refractivity contribution < 1.29 is 4.74 Å². The fraction of sp³-hybridized carbons (Fsp3) is 0.250. The number of benzene rings is 2. The molecule has 2 nitrogen and oxygen atoms in total. The van der Waals surface area contributed by atoms with E-state index in [0.717, 1.165) is 25.3 Å². The zero-order valence-electron chi connectivity index (χ0n) is 10.6. The van der Waals surface area contributed by atoms with Crippen molar-refractivity contribution >= 4 is 22.6 Å². The van der Waals surface area contributed by atoms with Crippen molar-refractivity contribution in [2.75, 3.05) is 6.54 Å². The second-order valence-corrected chi connectivity index (χ2v) is 6.05. The lowest BCUT2D eigenvalue weighted by Crippen LogP contribution is -2.29. The summed E-state index contributed by atoms with van der Waals surface area (Å²) in [7, 11) is 0. The molecule has 0 aromatic heterocycles. The van der Waals surface area contributed by atoms with Gasteiger partial charge in [-0.2, -0.15) is 0 Å². The molecular weight excluding hydrogens is 349 g/mol. The summed E-state index contributed by atoms with van der Waals surface area (Å²) in [5, 5.41) is 3.47. The smallest absolute Gasteiger partial charge is 0.123 e. The van der Waals surface area contributed by atoms with Crippen molar-refractivity contribution in [1.29, 1.82) is 0 Å². The summed E-state index contributed by atoms with van der Waals surface area (Å²) in [4.78, 5) is 0. The van der Waals surface area contributed by atoms with Crippen LogP contribution in [0.1, 0.15) is 11.1 Å². The number of rotatable bonds is 4. The quantitative estimate of drug-likeness (QED) is 0.839.